The molecule has 1 aromatic rings. The van der Waals surface area contributed by atoms with E-state index >= 15 is 0 Å². The predicted octanol–water partition coefficient (Wildman–Crippen LogP) is 2.96. The maximum atomic E-state index is 10.2. The maximum Gasteiger partial charge on any atom is 0.103 e. The van der Waals surface area contributed by atoms with Gasteiger partial charge < -0.3 is 14.8 Å². The number of aliphatic hydroxyl groups excluding tert-OH is 1. The molecule has 0 spiro atoms. The van der Waals surface area contributed by atoms with Crippen molar-refractivity contribution in [2.24, 2.45) is 0 Å². The van der Waals surface area contributed by atoms with Crippen molar-refractivity contribution >= 4 is 0 Å². The second-order valence-corrected chi connectivity index (χ2v) is 7.42. The summed E-state index contributed by atoms with van der Waals surface area (Å²) in [7, 11) is 0. The average molecular weight is 320 g/mol. The zero-order valence-corrected chi connectivity index (χ0v) is 14.4. The molecule has 4 heteroatoms. The van der Waals surface area contributed by atoms with Gasteiger partial charge in [0.2, 0.25) is 0 Å². The number of nitrogens with zero attached hydrogens (tertiary/aromatic N) is 1. The fourth-order valence-corrected chi connectivity index (χ4v) is 4.21. The van der Waals surface area contributed by atoms with Gasteiger partial charge in [-0.1, -0.05) is 12.8 Å². The number of hydrogen-bond donors (Lipinski definition) is 2. The Hall–Kier alpha value is -0.840. The summed E-state index contributed by atoms with van der Waals surface area (Å²) in [4.78, 5) is 2.54. The van der Waals surface area contributed by atoms with Crippen LogP contribution in [0.1, 0.15) is 57.6 Å². The molecule has 3 atom stereocenters. The van der Waals surface area contributed by atoms with Gasteiger partial charge in [0.1, 0.15) is 5.76 Å². The topological polar surface area (TPSA) is 48.6 Å². The van der Waals surface area contributed by atoms with Crippen LogP contribution in [0, 0.1) is 0 Å². The van der Waals surface area contributed by atoms with Crippen LogP contribution in [0.15, 0.2) is 22.8 Å². The van der Waals surface area contributed by atoms with E-state index in [-0.39, 0.29) is 6.10 Å². The minimum absolute atomic E-state index is 0.0968. The van der Waals surface area contributed by atoms with Crippen molar-refractivity contribution in [1.82, 2.24) is 10.2 Å². The van der Waals surface area contributed by atoms with Crippen LogP contribution in [-0.4, -0.2) is 47.3 Å². The normalized spacial score (nSPS) is 28.8. The predicted molar refractivity (Wildman–Crippen MR) is 92.5 cm³/mol. The summed E-state index contributed by atoms with van der Waals surface area (Å²) in [6.07, 6.45) is 10.8. The minimum atomic E-state index is -0.0968. The number of piperidine rings is 1. The molecule has 1 saturated heterocycles. The van der Waals surface area contributed by atoms with Crippen molar-refractivity contribution < 1.29 is 9.52 Å². The lowest BCUT2D eigenvalue weighted by Crippen LogP contribution is -2.52. The molecule has 4 nitrogen and oxygen atoms in total. The van der Waals surface area contributed by atoms with Gasteiger partial charge in [0.05, 0.1) is 12.4 Å². The molecule has 2 fully saturated rings. The van der Waals surface area contributed by atoms with E-state index in [0.29, 0.717) is 18.1 Å². The third kappa shape index (κ3) is 4.82. The molecule has 0 unspecified atom stereocenters. The number of aliphatic hydroxyl groups is 1. The second kappa shape index (κ2) is 8.32. The highest BCUT2D eigenvalue weighted by molar-refractivity contribution is 4.98. The average Bonchev–Trinajstić information content (AvgIpc) is 3.08. The van der Waals surface area contributed by atoms with Crippen molar-refractivity contribution in [2.45, 2.75) is 82.5 Å². The minimum Gasteiger partial charge on any atom is -0.469 e. The van der Waals surface area contributed by atoms with Crippen LogP contribution in [0.3, 0.4) is 0 Å². The first kappa shape index (κ1) is 17.0. The maximum absolute atomic E-state index is 10.2. The number of furan rings is 1. The number of nitrogens with one attached hydrogen (secondary N) is 1. The van der Waals surface area contributed by atoms with Crippen molar-refractivity contribution in [1.29, 1.82) is 0 Å². The lowest BCUT2D eigenvalue weighted by atomic mass is 9.89. The number of rotatable bonds is 6. The Morgan fingerprint density at radius 2 is 2.04 bits per heavy atom. The molecule has 2 heterocycles. The second-order valence-electron chi connectivity index (χ2n) is 7.42. The van der Waals surface area contributed by atoms with Gasteiger partial charge in [0.25, 0.3) is 0 Å². The first-order valence-electron chi connectivity index (χ1n) is 9.43. The highest BCUT2D eigenvalue weighted by Gasteiger charge is 2.31. The highest BCUT2D eigenvalue weighted by Crippen LogP contribution is 2.26. The molecule has 0 bridgehead atoms. The molecule has 130 valence electrons. The van der Waals surface area contributed by atoms with E-state index in [4.69, 9.17) is 4.42 Å². The Bertz CT molecular complexity index is 440. The van der Waals surface area contributed by atoms with Crippen LogP contribution < -0.4 is 5.32 Å². The van der Waals surface area contributed by atoms with Gasteiger partial charge in [-0.2, -0.15) is 0 Å². The number of aryl methyl sites for hydroxylation is 1. The molecule has 23 heavy (non-hydrogen) atoms. The third-order valence-corrected chi connectivity index (χ3v) is 5.62. The van der Waals surface area contributed by atoms with E-state index < -0.39 is 0 Å². The van der Waals surface area contributed by atoms with E-state index in [2.05, 4.69) is 23.2 Å². The fraction of sp³-hybridized carbons (Fsp3) is 0.789. The van der Waals surface area contributed by atoms with Crippen LogP contribution in [0.5, 0.6) is 0 Å². The monoisotopic (exact) mass is 320 g/mol. The summed E-state index contributed by atoms with van der Waals surface area (Å²) in [5.41, 5.74) is 0. The van der Waals surface area contributed by atoms with Crippen LogP contribution in [0.2, 0.25) is 0 Å². The van der Waals surface area contributed by atoms with Crippen molar-refractivity contribution in [3.8, 4) is 0 Å². The molecule has 2 N–H and O–H groups in total. The highest BCUT2D eigenvalue weighted by atomic mass is 16.3. The molecule has 0 radical (unpaired) electrons. The van der Waals surface area contributed by atoms with Gasteiger partial charge in [0, 0.05) is 37.6 Å². The quantitative estimate of drug-likeness (QED) is 0.846. The lowest BCUT2D eigenvalue weighted by molar-refractivity contribution is 0.00667. The molecule has 1 aliphatic heterocycles. The Morgan fingerprint density at radius 1 is 1.26 bits per heavy atom. The van der Waals surface area contributed by atoms with Gasteiger partial charge in [-0.15, -0.1) is 0 Å². The third-order valence-electron chi connectivity index (χ3n) is 5.62. The molecule has 3 rings (SSSR count). The molecule has 2 aliphatic rings. The van der Waals surface area contributed by atoms with E-state index in [9.17, 15) is 5.11 Å². The van der Waals surface area contributed by atoms with Crippen molar-refractivity contribution in [3.05, 3.63) is 24.2 Å². The van der Waals surface area contributed by atoms with E-state index in [1.54, 1.807) is 6.26 Å². The molecule has 0 aromatic carbocycles. The summed E-state index contributed by atoms with van der Waals surface area (Å²) < 4.78 is 5.41. The molecular formula is C19H32N2O2. The van der Waals surface area contributed by atoms with Crippen LogP contribution in [-0.2, 0) is 6.42 Å². The van der Waals surface area contributed by atoms with E-state index in [1.165, 1.54) is 32.1 Å². The van der Waals surface area contributed by atoms with Crippen LogP contribution in [0.25, 0.3) is 0 Å². The Labute approximate surface area is 140 Å². The summed E-state index contributed by atoms with van der Waals surface area (Å²) >= 11 is 0. The van der Waals surface area contributed by atoms with Crippen molar-refractivity contribution in [3.63, 3.8) is 0 Å². The zero-order chi connectivity index (χ0) is 16.1. The summed E-state index contributed by atoms with van der Waals surface area (Å²) in [5, 5.41) is 14.0. The van der Waals surface area contributed by atoms with E-state index in [0.717, 1.165) is 38.1 Å². The van der Waals surface area contributed by atoms with Crippen LogP contribution >= 0.6 is 0 Å². The van der Waals surface area contributed by atoms with Crippen LogP contribution in [0.4, 0.5) is 0 Å². The summed E-state index contributed by atoms with van der Waals surface area (Å²) in [6, 6.07) is 5.58. The largest absolute Gasteiger partial charge is 0.469 e. The van der Waals surface area contributed by atoms with Crippen molar-refractivity contribution in [2.75, 3.05) is 13.1 Å². The zero-order valence-electron chi connectivity index (χ0n) is 14.4. The summed E-state index contributed by atoms with van der Waals surface area (Å²) in [6.45, 7) is 4.54. The molecular weight excluding hydrogens is 288 g/mol. The summed E-state index contributed by atoms with van der Waals surface area (Å²) in [5.74, 6) is 1.08. The Morgan fingerprint density at radius 3 is 2.74 bits per heavy atom. The van der Waals surface area contributed by atoms with E-state index in [1.807, 2.05) is 6.07 Å². The Kier molecular flexibility index (Phi) is 6.15. The first-order valence-corrected chi connectivity index (χ1v) is 9.43. The standard InChI is InChI=1S/C19H32N2O2/c1-15(8-9-17-5-4-14-23-17)20-16-10-12-21(13-11-16)18-6-2-3-7-19(18)22/h4-5,14-16,18-20,22H,2-3,6-13H2,1H3/t15-,18-,19+/m1/s1. The van der Waals surface area contributed by atoms with Gasteiger partial charge in [-0.05, 0) is 51.2 Å². The van der Waals surface area contributed by atoms with Gasteiger partial charge >= 0.3 is 0 Å². The first-order chi connectivity index (χ1) is 11.2. The van der Waals surface area contributed by atoms with Gasteiger partial charge in [0.15, 0.2) is 0 Å². The smallest absolute Gasteiger partial charge is 0.103 e. The van der Waals surface area contributed by atoms with Gasteiger partial charge in [-0.25, -0.2) is 0 Å². The SMILES string of the molecule is C[C@H](CCc1ccco1)NC1CCN([C@@H]2CCCC[C@@H]2O)CC1. The lowest BCUT2D eigenvalue weighted by Gasteiger charge is -2.42. The Balaban J connectivity index is 1.37. The number of hydrogen-bond acceptors (Lipinski definition) is 4. The molecule has 0 amide bonds. The van der Waals surface area contributed by atoms with Gasteiger partial charge in [-0.3, -0.25) is 4.90 Å². The number of likely N-dealkylation sites (tertiary alicyclic amines) is 1. The molecule has 1 aliphatic carbocycles. The molecule has 1 saturated carbocycles. The fourth-order valence-electron chi connectivity index (χ4n) is 4.21. The molecule has 1 aromatic heterocycles.